The van der Waals surface area contributed by atoms with Crippen LogP contribution in [0.1, 0.15) is 41.5 Å². The molecule has 0 amide bonds. The Balaban J connectivity index is 5.56. The Kier molecular flexibility index (Phi) is 4.92. The zero-order valence-corrected chi connectivity index (χ0v) is 11.6. The quantitative estimate of drug-likeness (QED) is 0.466. The van der Waals surface area contributed by atoms with Gasteiger partial charge in [-0.05, 0) is 26.2 Å². The standard InChI is InChI=1S/C15H25N/c1-9-15(8,11-16-10-2)14(6,7)13(5)12(3)4/h9-11H,1-2H2,3-8H3. The van der Waals surface area contributed by atoms with Gasteiger partial charge in [-0.2, -0.15) is 0 Å². The third-order valence-corrected chi connectivity index (χ3v) is 3.91. The van der Waals surface area contributed by atoms with Gasteiger partial charge < -0.3 is 0 Å². The fourth-order valence-corrected chi connectivity index (χ4v) is 1.71. The van der Waals surface area contributed by atoms with E-state index in [2.05, 4.69) is 59.7 Å². The molecule has 0 aromatic carbocycles. The van der Waals surface area contributed by atoms with E-state index in [1.54, 1.807) is 6.20 Å². The van der Waals surface area contributed by atoms with Gasteiger partial charge in [0.1, 0.15) is 0 Å². The minimum Gasteiger partial charge on any atom is -0.269 e. The van der Waals surface area contributed by atoms with Crippen LogP contribution >= 0.6 is 0 Å². The van der Waals surface area contributed by atoms with Crippen molar-refractivity contribution in [2.45, 2.75) is 41.5 Å². The van der Waals surface area contributed by atoms with E-state index in [0.717, 1.165) is 0 Å². The van der Waals surface area contributed by atoms with Gasteiger partial charge in [0.15, 0.2) is 0 Å². The van der Waals surface area contributed by atoms with Gasteiger partial charge in [-0.25, -0.2) is 0 Å². The molecule has 0 saturated heterocycles. The maximum absolute atomic E-state index is 4.17. The molecule has 0 N–H and O–H groups in total. The first-order valence-corrected chi connectivity index (χ1v) is 5.66. The molecule has 0 aromatic heterocycles. The summed E-state index contributed by atoms with van der Waals surface area (Å²) in [4.78, 5) is 4.17. The fraction of sp³-hybridized carbons (Fsp3) is 0.533. The monoisotopic (exact) mass is 219 g/mol. The minimum absolute atomic E-state index is 0.0000926. The molecule has 0 spiro atoms. The molecule has 90 valence electrons. The summed E-state index contributed by atoms with van der Waals surface area (Å²) in [5, 5.41) is 0. The minimum atomic E-state index is -0.164. The SMILES string of the molecule is C=CN=CC(C)(C=C)C(C)(C)C(C)=C(C)C. The summed E-state index contributed by atoms with van der Waals surface area (Å²) in [6.07, 6.45) is 5.46. The van der Waals surface area contributed by atoms with Crippen molar-refractivity contribution < 1.29 is 0 Å². The van der Waals surface area contributed by atoms with Gasteiger partial charge in [0.05, 0.1) is 0 Å². The van der Waals surface area contributed by atoms with Gasteiger partial charge in [0, 0.05) is 17.8 Å². The summed E-state index contributed by atoms with van der Waals surface area (Å²) in [5.41, 5.74) is 2.57. The van der Waals surface area contributed by atoms with Crippen LogP contribution in [-0.2, 0) is 0 Å². The average molecular weight is 219 g/mol. The smallest absolute Gasteiger partial charge is 0.0293 e. The Labute approximate surface area is 101 Å². The Morgan fingerprint density at radius 1 is 1.06 bits per heavy atom. The van der Waals surface area contributed by atoms with Crippen LogP contribution in [0.5, 0.6) is 0 Å². The Morgan fingerprint density at radius 2 is 1.56 bits per heavy atom. The molecule has 0 bridgehead atoms. The zero-order valence-electron chi connectivity index (χ0n) is 11.6. The summed E-state index contributed by atoms with van der Waals surface area (Å²) in [6, 6.07) is 0. The fourth-order valence-electron chi connectivity index (χ4n) is 1.71. The van der Waals surface area contributed by atoms with Gasteiger partial charge in [0.2, 0.25) is 0 Å². The molecule has 16 heavy (non-hydrogen) atoms. The van der Waals surface area contributed by atoms with Crippen LogP contribution in [0.2, 0.25) is 0 Å². The number of rotatable bonds is 5. The first-order chi connectivity index (χ1) is 7.23. The van der Waals surface area contributed by atoms with Crippen LogP contribution < -0.4 is 0 Å². The lowest BCUT2D eigenvalue weighted by Gasteiger charge is -2.41. The molecule has 1 heteroatoms. The van der Waals surface area contributed by atoms with E-state index < -0.39 is 0 Å². The highest BCUT2D eigenvalue weighted by Gasteiger charge is 2.38. The van der Waals surface area contributed by atoms with Crippen molar-refractivity contribution in [3.63, 3.8) is 0 Å². The molecule has 0 aliphatic heterocycles. The van der Waals surface area contributed by atoms with Crippen molar-refractivity contribution >= 4 is 6.21 Å². The van der Waals surface area contributed by atoms with Crippen molar-refractivity contribution in [1.29, 1.82) is 0 Å². The van der Waals surface area contributed by atoms with E-state index in [9.17, 15) is 0 Å². The van der Waals surface area contributed by atoms with Crippen LogP contribution in [0, 0.1) is 10.8 Å². The number of hydrogen-bond acceptors (Lipinski definition) is 1. The van der Waals surface area contributed by atoms with Crippen LogP contribution in [0.4, 0.5) is 0 Å². The highest BCUT2D eigenvalue weighted by molar-refractivity contribution is 5.71. The van der Waals surface area contributed by atoms with Crippen LogP contribution in [0.3, 0.4) is 0 Å². The molecular weight excluding hydrogens is 194 g/mol. The third kappa shape index (κ3) is 2.72. The molecule has 0 rings (SSSR count). The van der Waals surface area contributed by atoms with Crippen molar-refractivity contribution in [3.8, 4) is 0 Å². The van der Waals surface area contributed by atoms with E-state index in [1.165, 1.54) is 11.1 Å². The Hall–Kier alpha value is -1.11. The van der Waals surface area contributed by atoms with Gasteiger partial charge in [0.25, 0.3) is 0 Å². The van der Waals surface area contributed by atoms with Gasteiger partial charge in [-0.15, -0.1) is 6.58 Å². The van der Waals surface area contributed by atoms with Crippen molar-refractivity contribution in [1.82, 2.24) is 0 Å². The molecule has 0 aromatic rings. The second-order valence-corrected chi connectivity index (χ2v) is 5.20. The molecule has 0 saturated carbocycles. The topological polar surface area (TPSA) is 12.4 Å². The van der Waals surface area contributed by atoms with Crippen molar-refractivity contribution in [2.24, 2.45) is 15.8 Å². The summed E-state index contributed by atoms with van der Waals surface area (Å²) < 4.78 is 0. The lowest BCUT2D eigenvalue weighted by Crippen LogP contribution is -2.36. The molecular formula is C15H25N. The number of hydrogen-bond donors (Lipinski definition) is 0. The molecule has 1 nitrogen and oxygen atoms in total. The molecule has 1 atom stereocenters. The molecule has 0 fully saturated rings. The van der Waals surface area contributed by atoms with E-state index in [-0.39, 0.29) is 10.8 Å². The molecule has 1 unspecified atom stereocenters. The van der Waals surface area contributed by atoms with Crippen LogP contribution in [0.25, 0.3) is 0 Å². The Morgan fingerprint density at radius 3 is 1.88 bits per heavy atom. The summed E-state index contributed by atoms with van der Waals surface area (Å²) >= 11 is 0. The van der Waals surface area contributed by atoms with Crippen LogP contribution in [0.15, 0.2) is 41.6 Å². The molecule has 0 aliphatic carbocycles. The second-order valence-electron chi connectivity index (χ2n) is 5.20. The average Bonchev–Trinajstić information content (AvgIpc) is 2.24. The van der Waals surface area contributed by atoms with E-state index in [4.69, 9.17) is 0 Å². The molecule has 0 heterocycles. The summed E-state index contributed by atoms with van der Waals surface area (Å²) in [6.45, 7) is 20.6. The first kappa shape index (κ1) is 14.9. The maximum atomic E-state index is 4.17. The van der Waals surface area contributed by atoms with Crippen molar-refractivity contribution in [2.75, 3.05) is 0 Å². The molecule has 0 radical (unpaired) electrons. The van der Waals surface area contributed by atoms with E-state index in [0.29, 0.717) is 0 Å². The summed E-state index contributed by atoms with van der Waals surface area (Å²) in [7, 11) is 0. The third-order valence-electron chi connectivity index (χ3n) is 3.91. The second kappa shape index (κ2) is 5.29. The largest absolute Gasteiger partial charge is 0.269 e. The summed E-state index contributed by atoms with van der Waals surface area (Å²) in [5.74, 6) is 0. The van der Waals surface area contributed by atoms with Gasteiger partial charge in [-0.3, -0.25) is 4.99 Å². The number of nitrogens with zero attached hydrogens (tertiary/aromatic N) is 1. The highest BCUT2D eigenvalue weighted by Crippen LogP contribution is 2.45. The van der Waals surface area contributed by atoms with E-state index in [1.807, 2.05) is 12.3 Å². The zero-order chi connectivity index (χ0) is 13.0. The highest BCUT2D eigenvalue weighted by atomic mass is 14.7. The lowest BCUT2D eigenvalue weighted by atomic mass is 9.63. The Bertz CT molecular complexity index is 327. The normalized spacial score (nSPS) is 15.6. The predicted molar refractivity (Wildman–Crippen MR) is 74.8 cm³/mol. The van der Waals surface area contributed by atoms with Gasteiger partial charge >= 0.3 is 0 Å². The molecule has 0 aliphatic rings. The van der Waals surface area contributed by atoms with E-state index >= 15 is 0 Å². The number of aliphatic imine (C=N–C) groups is 1. The first-order valence-electron chi connectivity index (χ1n) is 5.66. The number of allylic oxidation sites excluding steroid dienone is 3. The lowest BCUT2D eigenvalue weighted by molar-refractivity contribution is 0.280. The van der Waals surface area contributed by atoms with Crippen LogP contribution in [-0.4, -0.2) is 6.21 Å². The predicted octanol–water partition coefficient (Wildman–Crippen LogP) is 4.78. The van der Waals surface area contributed by atoms with Gasteiger partial charge in [-0.1, -0.05) is 44.6 Å². The van der Waals surface area contributed by atoms with Crippen molar-refractivity contribution in [3.05, 3.63) is 36.6 Å². The maximum Gasteiger partial charge on any atom is 0.0293 e.